The predicted molar refractivity (Wildman–Crippen MR) is 82.7 cm³/mol. The fourth-order valence-electron chi connectivity index (χ4n) is 3.48. The third kappa shape index (κ3) is 2.98. The first-order chi connectivity index (χ1) is 10.1. The largest absolute Gasteiger partial charge is 0.391 e. The summed E-state index contributed by atoms with van der Waals surface area (Å²) in [5, 5.41) is 11.0. The molecule has 1 aromatic rings. The summed E-state index contributed by atoms with van der Waals surface area (Å²) in [4.78, 5) is 22.0. The minimum absolute atomic E-state index is 0.115. The van der Waals surface area contributed by atoms with E-state index in [2.05, 4.69) is 9.88 Å². The van der Waals surface area contributed by atoms with E-state index >= 15 is 0 Å². The standard InChI is InChI=1S/C15H23N3O2S/c1-10-14(21-11(2)16-10)15(20)18-8-6-17(7-9-18)12-4-3-5-13(12)19/h12-13,19H,3-9H2,1-2H3. The molecule has 1 amide bonds. The van der Waals surface area contributed by atoms with Crippen molar-refractivity contribution < 1.29 is 9.90 Å². The number of amides is 1. The number of aryl methyl sites for hydroxylation is 2. The van der Waals surface area contributed by atoms with Crippen LogP contribution in [0.1, 0.15) is 39.6 Å². The van der Waals surface area contributed by atoms with Crippen LogP contribution in [-0.4, -0.2) is 64.1 Å². The van der Waals surface area contributed by atoms with E-state index in [-0.39, 0.29) is 12.0 Å². The maximum Gasteiger partial charge on any atom is 0.265 e. The molecule has 5 nitrogen and oxygen atoms in total. The SMILES string of the molecule is Cc1nc(C)c(C(=O)N2CCN(C3CCCC3O)CC2)s1. The lowest BCUT2D eigenvalue weighted by molar-refractivity contribution is 0.0317. The molecule has 2 aliphatic rings. The number of aliphatic hydroxyl groups excluding tert-OH is 1. The molecule has 2 atom stereocenters. The average Bonchev–Trinajstić information content (AvgIpc) is 3.04. The summed E-state index contributed by atoms with van der Waals surface area (Å²) in [6.45, 7) is 7.07. The van der Waals surface area contributed by atoms with Crippen molar-refractivity contribution in [3.63, 3.8) is 0 Å². The number of piperazine rings is 1. The highest BCUT2D eigenvalue weighted by molar-refractivity contribution is 7.13. The van der Waals surface area contributed by atoms with Crippen molar-refractivity contribution in [3.05, 3.63) is 15.6 Å². The van der Waals surface area contributed by atoms with Crippen LogP contribution in [0.5, 0.6) is 0 Å². The number of carbonyl (C=O) groups is 1. The normalized spacial score (nSPS) is 27.3. The van der Waals surface area contributed by atoms with E-state index in [4.69, 9.17) is 0 Å². The summed E-state index contributed by atoms with van der Waals surface area (Å²) in [6, 6.07) is 0.301. The lowest BCUT2D eigenvalue weighted by Crippen LogP contribution is -2.53. The Bertz CT molecular complexity index is 523. The van der Waals surface area contributed by atoms with Gasteiger partial charge < -0.3 is 10.0 Å². The first kappa shape index (κ1) is 14.9. The van der Waals surface area contributed by atoms with E-state index in [1.807, 2.05) is 18.7 Å². The van der Waals surface area contributed by atoms with Gasteiger partial charge in [0.1, 0.15) is 4.88 Å². The molecule has 1 N–H and O–H groups in total. The van der Waals surface area contributed by atoms with Crippen molar-refractivity contribution in [2.45, 2.75) is 45.3 Å². The molecule has 2 unspecified atom stereocenters. The summed E-state index contributed by atoms with van der Waals surface area (Å²) in [7, 11) is 0. The monoisotopic (exact) mass is 309 g/mol. The molecular weight excluding hydrogens is 286 g/mol. The molecule has 0 bridgehead atoms. The maximum absolute atomic E-state index is 12.6. The minimum atomic E-state index is -0.182. The first-order valence-corrected chi connectivity index (χ1v) is 8.53. The van der Waals surface area contributed by atoms with Crippen molar-refractivity contribution >= 4 is 17.2 Å². The molecule has 2 heterocycles. The number of aromatic nitrogens is 1. The topological polar surface area (TPSA) is 56.7 Å². The van der Waals surface area contributed by atoms with Crippen molar-refractivity contribution in [2.24, 2.45) is 0 Å². The molecule has 2 fully saturated rings. The van der Waals surface area contributed by atoms with Crippen LogP contribution >= 0.6 is 11.3 Å². The van der Waals surface area contributed by atoms with Gasteiger partial charge in [0.2, 0.25) is 0 Å². The van der Waals surface area contributed by atoms with Gasteiger partial charge in [-0.05, 0) is 33.1 Å². The van der Waals surface area contributed by atoms with E-state index in [0.717, 1.165) is 61.0 Å². The van der Waals surface area contributed by atoms with Crippen molar-refractivity contribution in [1.29, 1.82) is 0 Å². The van der Waals surface area contributed by atoms with Gasteiger partial charge >= 0.3 is 0 Å². The fourth-order valence-corrected chi connectivity index (χ4v) is 4.36. The van der Waals surface area contributed by atoms with Gasteiger partial charge in [-0.2, -0.15) is 0 Å². The number of nitrogens with zero attached hydrogens (tertiary/aromatic N) is 3. The molecule has 21 heavy (non-hydrogen) atoms. The quantitative estimate of drug-likeness (QED) is 0.898. The first-order valence-electron chi connectivity index (χ1n) is 7.71. The van der Waals surface area contributed by atoms with Crippen LogP contribution in [0.3, 0.4) is 0 Å². The van der Waals surface area contributed by atoms with E-state index in [1.165, 1.54) is 11.3 Å². The highest BCUT2D eigenvalue weighted by Crippen LogP contribution is 2.26. The van der Waals surface area contributed by atoms with E-state index in [1.54, 1.807) is 0 Å². The summed E-state index contributed by atoms with van der Waals surface area (Å²) in [5.74, 6) is 0.115. The van der Waals surface area contributed by atoms with Crippen LogP contribution in [0.15, 0.2) is 0 Å². The molecule has 1 saturated carbocycles. The highest BCUT2D eigenvalue weighted by Gasteiger charge is 2.33. The van der Waals surface area contributed by atoms with Gasteiger partial charge in [-0.15, -0.1) is 11.3 Å². The van der Waals surface area contributed by atoms with E-state index in [0.29, 0.717) is 6.04 Å². The Hall–Kier alpha value is -0.980. The van der Waals surface area contributed by atoms with Crippen LogP contribution in [0.2, 0.25) is 0 Å². The predicted octanol–water partition coefficient (Wildman–Crippen LogP) is 1.43. The third-order valence-corrected chi connectivity index (χ3v) is 5.67. The van der Waals surface area contributed by atoms with Crippen molar-refractivity contribution in [3.8, 4) is 0 Å². The Morgan fingerprint density at radius 1 is 1.24 bits per heavy atom. The van der Waals surface area contributed by atoms with Gasteiger partial charge in [0.05, 0.1) is 16.8 Å². The molecule has 6 heteroatoms. The van der Waals surface area contributed by atoms with E-state index in [9.17, 15) is 9.90 Å². The zero-order valence-corrected chi connectivity index (χ0v) is 13.5. The van der Waals surface area contributed by atoms with Gasteiger partial charge in [0.25, 0.3) is 5.91 Å². The zero-order chi connectivity index (χ0) is 15.0. The molecular formula is C15H23N3O2S. The van der Waals surface area contributed by atoms with Gasteiger partial charge in [0, 0.05) is 32.2 Å². The Morgan fingerprint density at radius 3 is 2.48 bits per heavy atom. The summed E-state index contributed by atoms with van der Waals surface area (Å²) in [5.41, 5.74) is 0.844. The number of rotatable bonds is 2. The van der Waals surface area contributed by atoms with Crippen LogP contribution in [-0.2, 0) is 0 Å². The second-order valence-corrected chi connectivity index (χ2v) is 7.24. The Morgan fingerprint density at radius 2 is 1.95 bits per heavy atom. The lowest BCUT2D eigenvalue weighted by atomic mass is 10.1. The number of hydrogen-bond acceptors (Lipinski definition) is 5. The Balaban J connectivity index is 1.60. The van der Waals surface area contributed by atoms with Crippen molar-refractivity contribution in [2.75, 3.05) is 26.2 Å². The van der Waals surface area contributed by atoms with Gasteiger partial charge in [-0.3, -0.25) is 9.69 Å². The molecule has 0 aromatic carbocycles. The zero-order valence-electron chi connectivity index (χ0n) is 12.7. The van der Waals surface area contributed by atoms with Crippen molar-refractivity contribution in [1.82, 2.24) is 14.8 Å². The number of aliphatic hydroxyl groups is 1. The minimum Gasteiger partial charge on any atom is -0.391 e. The van der Waals surface area contributed by atoms with Crippen LogP contribution < -0.4 is 0 Å². The summed E-state index contributed by atoms with van der Waals surface area (Å²) in [6.07, 6.45) is 2.94. The average molecular weight is 309 g/mol. The van der Waals surface area contributed by atoms with Crippen LogP contribution in [0.4, 0.5) is 0 Å². The molecule has 1 aliphatic heterocycles. The van der Waals surface area contributed by atoms with E-state index < -0.39 is 0 Å². The summed E-state index contributed by atoms with van der Waals surface area (Å²) < 4.78 is 0. The fraction of sp³-hybridized carbons (Fsp3) is 0.733. The number of thiazole rings is 1. The molecule has 1 aliphatic carbocycles. The Labute approximate surface area is 129 Å². The van der Waals surface area contributed by atoms with Gasteiger partial charge in [0.15, 0.2) is 0 Å². The molecule has 3 rings (SSSR count). The van der Waals surface area contributed by atoms with Gasteiger partial charge in [-0.1, -0.05) is 0 Å². The lowest BCUT2D eigenvalue weighted by Gasteiger charge is -2.39. The number of carbonyl (C=O) groups excluding carboxylic acids is 1. The van der Waals surface area contributed by atoms with Crippen LogP contribution in [0, 0.1) is 13.8 Å². The molecule has 116 valence electrons. The van der Waals surface area contributed by atoms with Crippen LogP contribution in [0.25, 0.3) is 0 Å². The molecule has 1 aromatic heterocycles. The second kappa shape index (κ2) is 6.02. The number of hydrogen-bond donors (Lipinski definition) is 1. The second-order valence-electron chi connectivity index (χ2n) is 6.04. The molecule has 0 spiro atoms. The third-order valence-electron chi connectivity index (χ3n) is 4.61. The Kier molecular flexibility index (Phi) is 4.28. The highest BCUT2D eigenvalue weighted by atomic mass is 32.1. The summed E-state index contributed by atoms with van der Waals surface area (Å²) >= 11 is 1.49. The maximum atomic E-state index is 12.6. The molecule has 1 saturated heterocycles. The smallest absolute Gasteiger partial charge is 0.265 e. The van der Waals surface area contributed by atoms with Gasteiger partial charge in [-0.25, -0.2) is 4.98 Å². The molecule has 0 radical (unpaired) electrons.